The third kappa shape index (κ3) is 4.94. The van der Waals surface area contributed by atoms with Gasteiger partial charge >= 0.3 is 0 Å². The standard InChI is InChI=1S/C13H16FNO2/c1-2-5-16-6-7-17-10-12-8-11(9-15)3-4-13(12)14/h3-4,8H,2,5-7,10H2,1H3. The molecule has 0 heterocycles. The maximum Gasteiger partial charge on any atom is 0.128 e. The monoisotopic (exact) mass is 237 g/mol. The topological polar surface area (TPSA) is 42.2 Å². The molecule has 0 fully saturated rings. The van der Waals surface area contributed by atoms with Gasteiger partial charge in [0.25, 0.3) is 0 Å². The number of nitrogens with zero attached hydrogens (tertiary/aromatic N) is 1. The second-order valence-corrected chi connectivity index (χ2v) is 3.58. The lowest BCUT2D eigenvalue weighted by Crippen LogP contribution is -2.05. The van der Waals surface area contributed by atoms with Gasteiger partial charge in [-0.25, -0.2) is 4.39 Å². The quantitative estimate of drug-likeness (QED) is 0.685. The average molecular weight is 237 g/mol. The van der Waals surface area contributed by atoms with E-state index in [0.717, 1.165) is 6.42 Å². The van der Waals surface area contributed by atoms with Gasteiger partial charge in [-0.05, 0) is 24.6 Å². The minimum atomic E-state index is -0.349. The number of rotatable bonds is 7. The first-order valence-electron chi connectivity index (χ1n) is 5.62. The molecule has 17 heavy (non-hydrogen) atoms. The van der Waals surface area contributed by atoms with Gasteiger partial charge in [-0.15, -0.1) is 0 Å². The van der Waals surface area contributed by atoms with Gasteiger partial charge in [0.15, 0.2) is 0 Å². The third-order valence-electron chi connectivity index (χ3n) is 2.15. The van der Waals surface area contributed by atoms with Gasteiger partial charge in [0.1, 0.15) is 5.82 Å². The van der Waals surface area contributed by atoms with E-state index in [1.54, 1.807) is 0 Å². The van der Waals surface area contributed by atoms with Crippen LogP contribution in [0.5, 0.6) is 0 Å². The molecule has 3 nitrogen and oxygen atoms in total. The van der Waals surface area contributed by atoms with E-state index in [1.807, 2.05) is 13.0 Å². The van der Waals surface area contributed by atoms with Crippen LogP contribution < -0.4 is 0 Å². The number of ether oxygens (including phenoxy) is 2. The van der Waals surface area contributed by atoms with Crippen molar-refractivity contribution in [3.63, 3.8) is 0 Å². The Morgan fingerprint density at radius 3 is 2.71 bits per heavy atom. The van der Waals surface area contributed by atoms with Crippen LogP contribution in [0.25, 0.3) is 0 Å². The van der Waals surface area contributed by atoms with E-state index in [1.165, 1.54) is 18.2 Å². The summed E-state index contributed by atoms with van der Waals surface area (Å²) in [7, 11) is 0. The molecule has 1 aromatic carbocycles. The molecule has 0 saturated heterocycles. The Morgan fingerprint density at radius 2 is 2.00 bits per heavy atom. The Hall–Kier alpha value is -1.44. The number of hydrogen-bond donors (Lipinski definition) is 0. The highest BCUT2D eigenvalue weighted by atomic mass is 19.1. The lowest BCUT2D eigenvalue weighted by Gasteiger charge is -2.06. The fourth-order valence-electron chi connectivity index (χ4n) is 1.30. The SMILES string of the molecule is CCCOCCOCc1cc(C#N)ccc1F. The summed E-state index contributed by atoms with van der Waals surface area (Å²) in [6.45, 7) is 3.84. The Balaban J connectivity index is 2.33. The van der Waals surface area contributed by atoms with E-state index >= 15 is 0 Å². The van der Waals surface area contributed by atoms with Crippen LogP contribution in [-0.4, -0.2) is 19.8 Å². The summed E-state index contributed by atoms with van der Waals surface area (Å²) in [6, 6.07) is 6.20. The molecule has 0 bridgehead atoms. The zero-order chi connectivity index (χ0) is 12.5. The van der Waals surface area contributed by atoms with Crippen LogP contribution in [0.3, 0.4) is 0 Å². The molecule has 0 aliphatic heterocycles. The predicted octanol–water partition coefficient (Wildman–Crippen LogP) is 2.64. The molecule has 4 heteroatoms. The van der Waals surface area contributed by atoms with Crippen molar-refractivity contribution in [2.75, 3.05) is 19.8 Å². The highest BCUT2D eigenvalue weighted by molar-refractivity contribution is 5.33. The van der Waals surface area contributed by atoms with Gasteiger partial charge in [0.05, 0.1) is 31.5 Å². The Kier molecular flexibility index (Phi) is 6.23. The molecule has 0 aromatic heterocycles. The van der Waals surface area contributed by atoms with Crippen molar-refractivity contribution in [2.45, 2.75) is 20.0 Å². The maximum absolute atomic E-state index is 13.3. The van der Waals surface area contributed by atoms with Crippen molar-refractivity contribution in [1.29, 1.82) is 5.26 Å². The molecule has 0 unspecified atom stereocenters. The minimum absolute atomic E-state index is 0.164. The molecule has 0 spiro atoms. The van der Waals surface area contributed by atoms with Crippen LogP contribution in [0.15, 0.2) is 18.2 Å². The molecule has 0 aliphatic rings. The summed E-state index contributed by atoms with van der Waals surface area (Å²) in [4.78, 5) is 0. The van der Waals surface area contributed by atoms with Crippen molar-refractivity contribution < 1.29 is 13.9 Å². The summed E-state index contributed by atoms with van der Waals surface area (Å²) < 4.78 is 23.8. The van der Waals surface area contributed by atoms with Crippen molar-refractivity contribution in [2.24, 2.45) is 0 Å². The van der Waals surface area contributed by atoms with Crippen LogP contribution in [0, 0.1) is 17.1 Å². The minimum Gasteiger partial charge on any atom is -0.379 e. The van der Waals surface area contributed by atoms with E-state index in [0.29, 0.717) is 30.9 Å². The summed E-state index contributed by atoms with van der Waals surface area (Å²) in [5.74, 6) is -0.349. The summed E-state index contributed by atoms with van der Waals surface area (Å²) in [5.41, 5.74) is 0.840. The first kappa shape index (κ1) is 13.6. The van der Waals surface area contributed by atoms with Crippen LogP contribution >= 0.6 is 0 Å². The Labute approximate surface area is 101 Å². The normalized spacial score (nSPS) is 10.2. The van der Waals surface area contributed by atoms with Gasteiger partial charge in [-0.1, -0.05) is 6.92 Å². The fraction of sp³-hybridized carbons (Fsp3) is 0.462. The molecule has 92 valence electrons. The first-order chi connectivity index (χ1) is 8.27. The molecule has 0 saturated carbocycles. The molecule has 0 N–H and O–H groups in total. The first-order valence-corrected chi connectivity index (χ1v) is 5.62. The van der Waals surface area contributed by atoms with E-state index in [9.17, 15) is 4.39 Å². The number of halogens is 1. The van der Waals surface area contributed by atoms with Crippen LogP contribution in [0.1, 0.15) is 24.5 Å². The van der Waals surface area contributed by atoms with Gasteiger partial charge in [-0.3, -0.25) is 0 Å². The Morgan fingerprint density at radius 1 is 1.24 bits per heavy atom. The fourth-order valence-corrected chi connectivity index (χ4v) is 1.30. The largest absolute Gasteiger partial charge is 0.379 e. The summed E-state index contributed by atoms with van der Waals surface area (Å²) in [5, 5.41) is 8.69. The molecular formula is C13H16FNO2. The summed E-state index contributed by atoms with van der Waals surface area (Å²) >= 11 is 0. The van der Waals surface area contributed by atoms with Gasteiger partial charge < -0.3 is 9.47 Å². The van der Waals surface area contributed by atoms with Crippen LogP contribution in [0.2, 0.25) is 0 Å². The van der Waals surface area contributed by atoms with E-state index in [2.05, 4.69) is 0 Å². The highest BCUT2D eigenvalue weighted by Gasteiger charge is 2.03. The molecule has 0 aliphatic carbocycles. The summed E-state index contributed by atoms with van der Waals surface area (Å²) in [6.07, 6.45) is 0.971. The zero-order valence-electron chi connectivity index (χ0n) is 9.91. The van der Waals surface area contributed by atoms with Gasteiger partial charge in [0.2, 0.25) is 0 Å². The number of hydrogen-bond acceptors (Lipinski definition) is 3. The van der Waals surface area contributed by atoms with Crippen molar-refractivity contribution in [3.05, 3.63) is 35.1 Å². The number of benzene rings is 1. The zero-order valence-corrected chi connectivity index (χ0v) is 9.91. The highest BCUT2D eigenvalue weighted by Crippen LogP contribution is 2.11. The molecule has 0 atom stereocenters. The maximum atomic E-state index is 13.3. The second-order valence-electron chi connectivity index (χ2n) is 3.58. The average Bonchev–Trinajstić information content (AvgIpc) is 2.35. The van der Waals surface area contributed by atoms with E-state index < -0.39 is 0 Å². The molecule has 1 rings (SSSR count). The molecular weight excluding hydrogens is 221 g/mol. The molecule has 0 amide bonds. The van der Waals surface area contributed by atoms with E-state index in [-0.39, 0.29) is 12.4 Å². The van der Waals surface area contributed by atoms with Gasteiger partial charge in [0, 0.05) is 12.2 Å². The lowest BCUT2D eigenvalue weighted by molar-refractivity contribution is 0.0399. The smallest absolute Gasteiger partial charge is 0.128 e. The predicted molar refractivity (Wildman–Crippen MR) is 61.9 cm³/mol. The second kappa shape index (κ2) is 7.77. The third-order valence-corrected chi connectivity index (χ3v) is 2.15. The lowest BCUT2D eigenvalue weighted by atomic mass is 10.1. The molecule has 1 aromatic rings. The van der Waals surface area contributed by atoms with Crippen molar-refractivity contribution >= 4 is 0 Å². The van der Waals surface area contributed by atoms with E-state index in [4.69, 9.17) is 14.7 Å². The molecule has 0 radical (unpaired) electrons. The van der Waals surface area contributed by atoms with Crippen LogP contribution in [-0.2, 0) is 16.1 Å². The van der Waals surface area contributed by atoms with Crippen molar-refractivity contribution in [3.8, 4) is 6.07 Å². The van der Waals surface area contributed by atoms with Crippen LogP contribution in [0.4, 0.5) is 4.39 Å². The number of nitriles is 1. The Bertz CT molecular complexity index is 387. The van der Waals surface area contributed by atoms with Gasteiger partial charge in [-0.2, -0.15) is 5.26 Å². The van der Waals surface area contributed by atoms with Crippen molar-refractivity contribution in [1.82, 2.24) is 0 Å².